The third-order valence-electron chi connectivity index (χ3n) is 5.82. The van der Waals surface area contributed by atoms with Gasteiger partial charge in [0.15, 0.2) is 0 Å². The minimum Gasteiger partial charge on any atom is -0.355 e. The highest BCUT2D eigenvalue weighted by atomic mass is 35.5. The zero-order valence-corrected chi connectivity index (χ0v) is 25.0. The first-order valence-corrected chi connectivity index (χ1v) is 15.2. The lowest BCUT2D eigenvalue weighted by Crippen LogP contribution is -2.53. The van der Waals surface area contributed by atoms with E-state index in [9.17, 15) is 18.0 Å². The van der Waals surface area contributed by atoms with Gasteiger partial charge in [-0.05, 0) is 48.4 Å². The lowest BCUT2D eigenvalue weighted by atomic mass is 10.0. The van der Waals surface area contributed by atoms with Crippen molar-refractivity contribution in [2.75, 3.05) is 23.7 Å². The van der Waals surface area contributed by atoms with Gasteiger partial charge < -0.3 is 10.2 Å². The Bertz CT molecular complexity index is 1440. The van der Waals surface area contributed by atoms with Crippen molar-refractivity contribution in [2.45, 2.75) is 25.9 Å². The molecule has 2 amide bonds. The predicted molar refractivity (Wildman–Crippen MR) is 158 cm³/mol. The first-order chi connectivity index (χ1) is 18.4. The Morgan fingerprint density at radius 2 is 1.56 bits per heavy atom. The molecular weight excluding hydrogens is 604 g/mol. The zero-order valence-electron chi connectivity index (χ0n) is 21.2. The van der Waals surface area contributed by atoms with Crippen molar-refractivity contribution in [1.82, 2.24) is 10.2 Å². The zero-order chi connectivity index (χ0) is 28.7. The Morgan fingerprint density at radius 1 is 0.872 bits per heavy atom. The number of nitrogens with zero attached hydrogens (tertiary/aromatic N) is 2. The van der Waals surface area contributed by atoms with E-state index in [1.165, 1.54) is 23.1 Å². The maximum atomic E-state index is 14.0. The topological polar surface area (TPSA) is 86.8 Å². The van der Waals surface area contributed by atoms with Crippen molar-refractivity contribution in [2.24, 2.45) is 0 Å². The number of halogens is 4. The summed E-state index contributed by atoms with van der Waals surface area (Å²) in [5.41, 5.74) is 1.51. The second-order valence-electron chi connectivity index (χ2n) is 8.74. The summed E-state index contributed by atoms with van der Waals surface area (Å²) in [7, 11) is -3.96. The molecule has 0 saturated heterocycles. The van der Waals surface area contributed by atoms with Crippen LogP contribution in [0.5, 0.6) is 0 Å². The summed E-state index contributed by atoms with van der Waals surface area (Å²) in [6.45, 7) is 1.48. The fourth-order valence-corrected chi connectivity index (χ4v) is 5.70. The second kappa shape index (κ2) is 13.7. The quantitative estimate of drug-likeness (QED) is 0.288. The molecule has 0 radical (unpaired) electrons. The number of likely N-dealkylation sites (N-methyl/N-ethyl adjacent to an activating group) is 1. The fourth-order valence-electron chi connectivity index (χ4n) is 3.96. The van der Waals surface area contributed by atoms with E-state index >= 15 is 0 Å². The molecule has 0 aliphatic rings. The van der Waals surface area contributed by atoms with E-state index in [2.05, 4.69) is 5.32 Å². The smallest absolute Gasteiger partial charge is 0.244 e. The SMILES string of the molecule is CCNC(=O)[C@@H](Cc1ccccc1)N(Cc1ccc(Cl)c(Cl)c1)C(=O)CN(c1ccc(Cl)cc1Cl)S(C)(=O)=O. The average molecular weight is 631 g/mol. The maximum absolute atomic E-state index is 14.0. The summed E-state index contributed by atoms with van der Waals surface area (Å²) in [5, 5.41) is 3.78. The molecule has 0 fully saturated rings. The summed E-state index contributed by atoms with van der Waals surface area (Å²) in [4.78, 5) is 28.6. The number of carbonyl (C=O) groups excluding carboxylic acids is 2. The third-order valence-corrected chi connectivity index (χ3v) is 8.22. The number of amides is 2. The molecule has 3 aromatic rings. The standard InChI is InChI=1S/C27H27Cl4N3O4S/c1-3-32-27(36)25(14-18-7-5-4-6-8-18)33(16-19-9-11-21(29)22(30)13-19)26(35)17-34(39(2,37)38)24-12-10-20(28)15-23(24)31/h4-13,15,25H,3,14,16-17H2,1-2H3,(H,32,36)/t25-/m1/s1. The van der Waals surface area contributed by atoms with Crippen LogP contribution in [0.4, 0.5) is 5.69 Å². The Hall–Kier alpha value is -2.49. The number of carbonyl (C=O) groups is 2. The molecule has 0 bridgehead atoms. The number of hydrogen-bond acceptors (Lipinski definition) is 4. The Morgan fingerprint density at radius 3 is 2.15 bits per heavy atom. The average Bonchev–Trinajstić information content (AvgIpc) is 2.87. The molecular formula is C27H27Cl4N3O4S. The highest BCUT2D eigenvalue weighted by molar-refractivity contribution is 7.92. The highest BCUT2D eigenvalue weighted by Gasteiger charge is 2.33. The Kier molecular flexibility index (Phi) is 10.9. The van der Waals surface area contributed by atoms with Crippen LogP contribution in [-0.4, -0.2) is 50.5 Å². The number of nitrogens with one attached hydrogen (secondary N) is 1. The molecule has 0 saturated carbocycles. The molecule has 1 atom stereocenters. The third kappa shape index (κ3) is 8.50. The van der Waals surface area contributed by atoms with E-state index in [-0.39, 0.29) is 34.6 Å². The van der Waals surface area contributed by atoms with Gasteiger partial charge in [-0.1, -0.05) is 82.8 Å². The molecule has 208 valence electrons. The van der Waals surface area contributed by atoms with E-state index in [4.69, 9.17) is 46.4 Å². The molecule has 0 unspecified atom stereocenters. The van der Waals surface area contributed by atoms with E-state index in [1.54, 1.807) is 25.1 Å². The summed E-state index contributed by atoms with van der Waals surface area (Å²) in [5.74, 6) is -1.00. The molecule has 3 rings (SSSR count). The van der Waals surface area contributed by atoms with Gasteiger partial charge in [0.25, 0.3) is 0 Å². The van der Waals surface area contributed by atoms with Crippen LogP contribution in [0.25, 0.3) is 0 Å². The number of sulfonamides is 1. The number of hydrogen-bond donors (Lipinski definition) is 1. The molecule has 39 heavy (non-hydrogen) atoms. The normalized spacial score (nSPS) is 12.1. The van der Waals surface area contributed by atoms with E-state index in [0.717, 1.165) is 16.1 Å². The minimum absolute atomic E-state index is 0.0314. The van der Waals surface area contributed by atoms with Crippen molar-refractivity contribution in [3.8, 4) is 0 Å². The van der Waals surface area contributed by atoms with Crippen LogP contribution >= 0.6 is 46.4 Å². The van der Waals surface area contributed by atoms with Gasteiger partial charge in [0, 0.05) is 24.5 Å². The molecule has 0 aliphatic carbocycles. The van der Waals surface area contributed by atoms with Gasteiger partial charge in [0.2, 0.25) is 21.8 Å². The van der Waals surface area contributed by atoms with Crippen molar-refractivity contribution < 1.29 is 18.0 Å². The maximum Gasteiger partial charge on any atom is 0.244 e. The van der Waals surface area contributed by atoms with E-state index < -0.39 is 28.5 Å². The van der Waals surface area contributed by atoms with Crippen LogP contribution in [-0.2, 0) is 32.6 Å². The molecule has 0 aliphatic heterocycles. The van der Waals surface area contributed by atoms with Crippen LogP contribution < -0.4 is 9.62 Å². The molecule has 0 heterocycles. The molecule has 7 nitrogen and oxygen atoms in total. The predicted octanol–water partition coefficient (Wildman–Crippen LogP) is 5.84. The fraction of sp³-hybridized carbons (Fsp3) is 0.259. The van der Waals surface area contributed by atoms with Gasteiger partial charge in [0.1, 0.15) is 12.6 Å². The monoisotopic (exact) mass is 629 g/mol. The lowest BCUT2D eigenvalue weighted by Gasteiger charge is -2.33. The van der Waals surface area contributed by atoms with Crippen molar-refractivity contribution in [3.63, 3.8) is 0 Å². The summed E-state index contributed by atoms with van der Waals surface area (Å²) < 4.78 is 26.5. The van der Waals surface area contributed by atoms with Gasteiger partial charge in [-0.2, -0.15) is 0 Å². The first kappa shape index (κ1) is 31.0. The minimum atomic E-state index is -3.96. The number of benzene rings is 3. The largest absolute Gasteiger partial charge is 0.355 e. The Balaban J connectivity index is 2.07. The van der Waals surface area contributed by atoms with Crippen LogP contribution in [0.3, 0.4) is 0 Å². The van der Waals surface area contributed by atoms with E-state index in [0.29, 0.717) is 22.2 Å². The lowest BCUT2D eigenvalue weighted by molar-refractivity contribution is -0.140. The molecule has 3 aromatic carbocycles. The molecule has 0 spiro atoms. The molecule has 1 N–H and O–H groups in total. The van der Waals surface area contributed by atoms with Crippen LogP contribution in [0.1, 0.15) is 18.1 Å². The first-order valence-electron chi connectivity index (χ1n) is 11.9. The van der Waals surface area contributed by atoms with Gasteiger partial charge in [0.05, 0.1) is 27.0 Å². The summed E-state index contributed by atoms with van der Waals surface area (Å²) in [6.07, 6.45) is 1.17. The van der Waals surface area contributed by atoms with Crippen molar-refractivity contribution in [3.05, 3.63) is 97.9 Å². The van der Waals surface area contributed by atoms with Gasteiger partial charge in [-0.3, -0.25) is 13.9 Å². The Labute approximate surface area is 248 Å². The van der Waals surface area contributed by atoms with Gasteiger partial charge >= 0.3 is 0 Å². The van der Waals surface area contributed by atoms with Crippen LogP contribution in [0.2, 0.25) is 20.1 Å². The summed E-state index contributed by atoms with van der Waals surface area (Å²) >= 11 is 24.6. The highest BCUT2D eigenvalue weighted by Crippen LogP contribution is 2.31. The molecule has 12 heteroatoms. The van der Waals surface area contributed by atoms with Gasteiger partial charge in [-0.15, -0.1) is 0 Å². The van der Waals surface area contributed by atoms with Crippen molar-refractivity contribution in [1.29, 1.82) is 0 Å². The number of anilines is 1. The van der Waals surface area contributed by atoms with E-state index in [1.807, 2.05) is 30.3 Å². The van der Waals surface area contributed by atoms with Crippen LogP contribution in [0.15, 0.2) is 66.7 Å². The van der Waals surface area contributed by atoms with Gasteiger partial charge in [-0.25, -0.2) is 8.42 Å². The van der Waals surface area contributed by atoms with Crippen molar-refractivity contribution >= 4 is 73.9 Å². The molecule has 0 aromatic heterocycles. The van der Waals surface area contributed by atoms with Crippen LogP contribution in [0, 0.1) is 0 Å². The summed E-state index contributed by atoms with van der Waals surface area (Å²) in [6, 6.07) is 17.4. The second-order valence-corrected chi connectivity index (χ2v) is 12.3. The number of rotatable bonds is 11.